The molecule has 12 nitrogen and oxygen atoms in total. The minimum Gasteiger partial charge on any atom is -0.467 e. The van der Waals surface area contributed by atoms with Gasteiger partial charge in [0.2, 0.25) is 11.7 Å². The van der Waals surface area contributed by atoms with Crippen LogP contribution in [0.3, 0.4) is 0 Å². The fourth-order valence-electron chi connectivity index (χ4n) is 3.96. The summed E-state index contributed by atoms with van der Waals surface area (Å²) in [4.78, 5) is 32.0. The Kier molecular flexibility index (Phi) is 7.85. The minimum atomic E-state index is -0.955. The number of nitrogens with zero attached hydrogens (tertiary/aromatic N) is 6. The fourth-order valence-corrected chi connectivity index (χ4v) is 3.96. The number of rotatable bonds is 9. The number of aromatic nitrogens is 4. The fraction of sp³-hybridized carbons (Fsp3) is 0.542. The molecule has 1 aliphatic heterocycles. The van der Waals surface area contributed by atoms with Crippen molar-refractivity contribution in [2.45, 2.75) is 45.8 Å². The van der Waals surface area contributed by atoms with Gasteiger partial charge < -0.3 is 23.8 Å². The normalized spacial score (nSPS) is 15.6. The lowest BCUT2D eigenvalue weighted by atomic mass is 10.1. The first-order valence-corrected chi connectivity index (χ1v) is 12.0. The average molecular weight is 500 g/mol. The molecule has 0 bridgehead atoms. The summed E-state index contributed by atoms with van der Waals surface area (Å²) < 4.78 is 16.6. The number of amides is 2. The number of hydrogen-bond acceptors (Lipinski definition) is 9. The standard InChI is InChI=1S/C24H33N7O5/c1-17-7-8-19(36-17)22-26-28-31(27-22)16-20(32)30(10-9-29-11-14-34-15-12-29)21(18-6-5-13-35-18)23(33)25-24(2,3)4/h5-8,13,21H,9-12,14-16H2,1-4H3,(H,25,33)/t21-/m1/s1. The number of furan rings is 2. The van der Waals surface area contributed by atoms with Gasteiger partial charge in [-0.3, -0.25) is 14.5 Å². The highest BCUT2D eigenvalue weighted by atomic mass is 16.5. The van der Waals surface area contributed by atoms with Crippen molar-refractivity contribution in [1.29, 1.82) is 0 Å². The molecule has 0 saturated carbocycles. The smallest absolute Gasteiger partial charge is 0.251 e. The summed E-state index contributed by atoms with van der Waals surface area (Å²) in [5.41, 5.74) is -0.496. The number of ether oxygens (including phenoxy) is 1. The molecular weight excluding hydrogens is 466 g/mol. The van der Waals surface area contributed by atoms with Gasteiger partial charge in [0.25, 0.3) is 5.91 Å². The summed E-state index contributed by atoms with van der Waals surface area (Å²) in [5, 5.41) is 15.3. The van der Waals surface area contributed by atoms with Crippen LogP contribution in [0.4, 0.5) is 0 Å². The van der Waals surface area contributed by atoms with Crippen LogP contribution in [0.15, 0.2) is 39.4 Å². The van der Waals surface area contributed by atoms with Gasteiger partial charge in [0, 0.05) is 31.7 Å². The predicted octanol–water partition coefficient (Wildman–Crippen LogP) is 1.65. The second kappa shape index (κ2) is 11.0. The molecule has 4 heterocycles. The molecule has 1 fully saturated rings. The van der Waals surface area contributed by atoms with Crippen molar-refractivity contribution in [1.82, 2.24) is 35.3 Å². The van der Waals surface area contributed by atoms with E-state index in [9.17, 15) is 9.59 Å². The van der Waals surface area contributed by atoms with Crippen molar-refractivity contribution in [3.8, 4) is 11.6 Å². The Balaban J connectivity index is 1.58. The summed E-state index contributed by atoms with van der Waals surface area (Å²) in [6.45, 7) is 11.0. The summed E-state index contributed by atoms with van der Waals surface area (Å²) in [6.07, 6.45) is 1.49. The van der Waals surface area contributed by atoms with Gasteiger partial charge in [-0.15, -0.1) is 10.2 Å². The average Bonchev–Trinajstić information content (AvgIpc) is 3.58. The predicted molar refractivity (Wildman–Crippen MR) is 129 cm³/mol. The van der Waals surface area contributed by atoms with Crippen molar-refractivity contribution in [2.75, 3.05) is 39.4 Å². The number of aryl methyl sites for hydroxylation is 1. The van der Waals surface area contributed by atoms with E-state index in [2.05, 4.69) is 25.6 Å². The van der Waals surface area contributed by atoms with E-state index in [-0.39, 0.29) is 24.2 Å². The molecule has 0 radical (unpaired) electrons. The summed E-state index contributed by atoms with van der Waals surface area (Å²) in [7, 11) is 0. The van der Waals surface area contributed by atoms with Gasteiger partial charge in [0.15, 0.2) is 11.8 Å². The molecule has 36 heavy (non-hydrogen) atoms. The second-order valence-electron chi connectivity index (χ2n) is 9.75. The van der Waals surface area contributed by atoms with Crippen molar-refractivity contribution in [3.05, 3.63) is 42.0 Å². The molecule has 3 aromatic heterocycles. The van der Waals surface area contributed by atoms with E-state index in [1.54, 1.807) is 24.3 Å². The van der Waals surface area contributed by atoms with Crippen LogP contribution < -0.4 is 5.32 Å². The lowest BCUT2D eigenvalue weighted by molar-refractivity contribution is -0.143. The van der Waals surface area contributed by atoms with Crippen molar-refractivity contribution in [2.24, 2.45) is 0 Å². The number of hydrogen-bond donors (Lipinski definition) is 1. The molecule has 0 aromatic carbocycles. The summed E-state index contributed by atoms with van der Waals surface area (Å²) in [5.74, 6) is 1.18. The summed E-state index contributed by atoms with van der Waals surface area (Å²) >= 11 is 0. The molecule has 0 unspecified atom stereocenters. The van der Waals surface area contributed by atoms with Crippen LogP contribution >= 0.6 is 0 Å². The number of morpholine rings is 1. The maximum Gasteiger partial charge on any atom is 0.251 e. The quantitative estimate of drug-likeness (QED) is 0.467. The van der Waals surface area contributed by atoms with E-state index < -0.39 is 11.6 Å². The maximum atomic E-state index is 13.7. The largest absolute Gasteiger partial charge is 0.467 e. The Bertz CT molecular complexity index is 1140. The van der Waals surface area contributed by atoms with Crippen LogP contribution in [0.5, 0.6) is 0 Å². The third kappa shape index (κ3) is 6.58. The van der Waals surface area contributed by atoms with Crippen LogP contribution in [0.2, 0.25) is 0 Å². The third-order valence-electron chi connectivity index (χ3n) is 5.64. The Hall–Kier alpha value is -3.51. The highest BCUT2D eigenvalue weighted by Crippen LogP contribution is 2.24. The number of nitrogens with one attached hydrogen (secondary N) is 1. The van der Waals surface area contributed by atoms with E-state index in [1.165, 1.54) is 16.0 Å². The first-order chi connectivity index (χ1) is 17.2. The van der Waals surface area contributed by atoms with Crippen LogP contribution in [-0.4, -0.2) is 86.8 Å². The van der Waals surface area contributed by atoms with Crippen molar-refractivity contribution in [3.63, 3.8) is 0 Å². The molecule has 1 atom stereocenters. The van der Waals surface area contributed by atoms with E-state index in [0.717, 1.165) is 18.8 Å². The first kappa shape index (κ1) is 25.6. The van der Waals surface area contributed by atoms with E-state index in [0.29, 0.717) is 37.8 Å². The van der Waals surface area contributed by atoms with Gasteiger partial charge in [0.05, 0.1) is 19.5 Å². The highest BCUT2D eigenvalue weighted by Gasteiger charge is 2.35. The van der Waals surface area contributed by atoms with Crippen LogP contribution in [0, 0.1) is 6.92 Å². The lowest BCUT2D eigenvalue weighted by Crippen LogP contribution is -2.52. The Morgan fingerprint density at radius 2 is 1.97 bits per heavy atom. The van der Waals surface area contributed by atoms with Gasteiger partial charge in [0.1, 0.15) is 18.1 Å². The van der Waals surface area contributed by atoms with Gasteiger partial charge in [-0.1, -0.05) is 0 Å². The molecule has 194 valence electrons. The molecule has 1 N–H and O–H groups in total. The summed E-state index contributed by atoms with van der Waals surface area (Å²) in [6, 6.07) is 6.00. The second-order valence-corrected chi connectivity index (χ2v) is 9.75. The van der Waals surface area contributed by atoms with E-state index in [4.69, 9.17) is 13.6 Å². The lowest BCUT2D eigenvalue weighted by Gasteiger charge is -2.34. The molecule has 1 aliphatic rings. The van der Waals surface area contributed by atoms with Crippen LogP contribution in [-0.2, 0) is 20.9 Å². The molecular formula is C24H33N7O5. The van der Waals surface area contributed by atoms with Gasteiger partial charge in [-0.2, -0.15) is 4.80 Å². The van der Waals surface area contributed by atoms with Gasteiger partial charge in [-0.05, 0) is 57.2 Å². The van der Waals surface area contributed by atoms with Crippen molar-refractivity contribution >= 4 is 11.8 Å². The Morgan fingerprint density at radius 3 is 2.61 bits per heavy atom. The van der Waals surface area contributed by atoms with Gasteiger partial charge >= 0.3 is 0 Å². The van der Waals surface area contributed by atoms with E-state index >= 15 is 0 Å². The molecule has 2 amide bonds. The molecule has 0 spiro atoms. The van der Waals surface area contributed by atoms with Gasteiger partial charge in [-0.25, -0.2) is 0 Å². The number of carbonyl (C=O) groups is 2. The SMILES string of the molecule is Cc1ccc(-c2nnn(CC(=O)N(CCN3CCOCC3)[C@@H](C(=O)NC(C)(C)C)c3ccco3)n2)o1. The number of tetrazole rings is 1. The molecule has 3 aromatic rings. The monoisotopic (exact) mass is 499 g/mol. The van der Waals surface area contributed by atoms with E-state index in [1.807, 2.05) is 27.7 Å². The van der Waals surface area contributed by atoms with Crippen LogP contribution in [0.25, 0.3) is 11.6 Å². The van der Waals surface area contributed by atoms with Crippen LogP contribution in [0.1, 0.15) is 38.3 Å². The maximum absolute atomic E-state index is 13.7. The Labute approximate surface area is 209 Å². The minimum absolute atomic E-state index is 0.199. The zero-order chi connectivity index (χ0) is 25.7. The molecule has 1 saturated heterocycles. The molecule has 4 rings (SSSR count). The highest BCUT2D eigenvalue weighted by molar-refractivity contribution is 5.88. The number of carbonyl (C=O) groups excluding carboxylic acids is 2. The first-order valence-electron chi connectivity index (χ1n) is 12.0. The molecule has 0 aliphatic carbocycles. The Morgan fingerprint density at radius 1 is 1.19 bits per heavy atom. The third-order valence-corrected chi connectivity index (χ3v) is 5.64. The topological polar surface area (TPSA) is 132 Å². The zero-order valence-corrected chi connectivity index (χ0v) is 21.1. The zero-order valence-electron chi connectivity index (χ0n) is 21.1. The molecule has 12 heteroatoms. The van der Waals surface area contributed by atoms with Crippen molar-refractivity contribution < 1.29 is 23.2 Å².